The molecule has 21 heavy (non-hydrogen) atoms. The van der Waals surface area contributed by atoms with Crippen LogP contribution in [-0.4, -0.2) is 55.5 Å². The smallest absolute Gasteiger partial charge is 0.260 e. The van der Waals surface area contributed by atoms with Gasteiger partial charge in [0.05, 0.1) is 11.6 Å². The zero-order chi connectivity index (χ0) is 15.2. The Labute approximate surface area is 125 Å². The average molecular weight is 287 g/mol. The molecule has 0 aromatic heterocycles. The van der Waals surface area contributed by atoms with E-state index in [1.165, 1.54) is 0 Å². The Balaban J connectivity index is 1.78. The largest absolute Gasteiger partial charge is 0.484 e. The number of nitrogens with zero attached hydrogens (tertiary/aromatic N) is 3. The fraction of sp³-hybridized carbons (Fsp3) is 0.500. The van der Waals surface area contributed by atoms with E-state index in [1.807, 2.05) is 11.0 Å². The molecule has 0 bridgehead atoms. The molecule has 0 saturated carbocycles. The van der Waals surface area contributed by atoms with Crippen molar-refractivity contribution in [3.8, 4) is 11.8 Å². The number of carbonyl (C=O) groups is 1. The molecule has 0 aliphatic carbocycles. The summed E-state index contributed by atoms with van der Waals surface area (Å²) in [7, 11) is 4.16. The van der Waals surface area contributed by atoms with Gasteiger partial charge >= 0.3 is 0 Å². The molecule has 1 amide bonds. The van der Waals surface area contributed by atoms with Crippen LogP contribution in [0.5, 0.6) is 5.75 Å². The Morgan fingerprint density at radius 2 is 1.95 bits per heavy atom. The molecule has 0 atom stereocenters. The summed E-state index contributed by atoms with van der Waals surface area (Å²) in [5.41, 5.74) is 0.583. The molecule has 0 N–H and O–H groups in total. The number of carbonyl (C=O) groups excluding carboxylic acids is 1. The highest BCUT2D eigenvalue weighted by Crippen LogP contribution is 2.15. The second kappa shape index (κ2) is 7.09. The quantitative estimate of drug-likeness (QED) is 0.842. The number of piperidine rings is 1. The van der Waals surface area contributed by atoms with Crippen molar-refractivity contribution in [2.45, 2.75) is 18.9 Å². The molecule has 1 aliphatic rings. The van der Waals surface area contributed by atoms with Crippen LogP contribution in [0.25, 0.3) is 0 Å². The van der Waals surface area contributed by atoms with Gasteiger partial charge in [-0.2, -0.15) is 5.26 Å². The third kappa shape index (κ3) is 4.20. The molecule has 1 heterocycles. The van der Waals surface area contributed by atoms with E-state index in [0.29, 0.717) is 17.4 Å². The van der Waals surface area contributed by atoms with Crippen molar-refractivity contribution in [2.24, 2.45) is 0 Å². The van der Waals surface area contributed by atoms with Crippen molar-refractivity contribution < 1.29 is 9.53 Å². The molecule has 1 fully saturated rings. The highest BCUT2D eigenvalue weighted by molar-refractivity contribution is 5.77. The van der Waals surface area contributed by atoms with Crippen LogP contribution in [0.4, 0.5) is 0 Å². The standard InChI is InChI=1S/C16H21N3O2/c1-18(2)14-7-9-19(10-8-14)16(20)12-21-15-5-3-13(11-17)4-6-15/h3-6,14H,7-10,12H2,1-2H3. The SMILES string of the molecule is CN(C)C1CCN(C(=O)COc2ccc(C#N)cc2)CC1. The van der Waals surface area contributed by atoms with Crippen molar-refractivity contribution in [3.05, 3.63) is 29.8 Å². The van der Waals surface area contributed by atoms with E-state index < -0.39 is 0 Å². The number of hydrogen-bond acceptors (Lipinski definition) is 4. The van der Waals surface area contributed by atoms with Gasteiger partial charge in [-0.05, 0) is 51.2 Å². The van der Waals surface area contributed by atoms with Crippen LogP contribution >= 0.6 is 0 Å². The van der Waals surface area contributed by atoms with Crippen LogP contribution in [0.1, 0.15) is 18.4 Å². The van der Waals surface area contributed by atoms with Crippen LogP contribution in [-0.2, 0) is 4.79 Å². The van der Waals surface area contributed by atoms with Gasteiger partial charge in [0, 0.05) is 19.1 Å². The summed E-state index contributed by atoms with van der Waals surface area (Å²) in [4.78, 5) is 16.2. The lowest BCUT2D eigenvalue weighted by atomic mass is 10.0. The van der Waals surface area contributed by atoms with Gasteiger partial charge in [0.2, 0.25) is 0 Å². The maximum atomic E-state index is 12.1. The van der Waals surface area contributed by atoms with Crippen LogP contribution < -0.4 is 4.74 Å². The lowest BCUT2D eigenvalue weighted by Gasteiger charge is -2.35. The molecule has 1 aliphatic heterocycles. The van der Waals surface area contributed by atoms with Crippen molar-refractivity contribution >= 4 is 5.91 Å². The van der Waals surface area contributed by atoms with Crippen molar-refractivity contribution in [2.75, 3.05) is 33.8 Å². The molecular formula is C16H21N3O2. The van der Waals surface area contributed by atoms with Crippen LogP contribution in [0.2, 0.25) is 0 Å². The van der Waals surface area contributed by atoms with E-state index in [4.69, 9.17) is 10.00 Å². The zero-order valence-corrected chi connectivity index (χ0v) is 12.6. The van der Waals surface area contributed by atoms with Gasteiger partial charge in [0.25, 0.3) is 5.91 Å². The normalized spacial score (nSPS) is 15.8. The highest BCUT2D eigenvalue weighted by atomic mass is 16.5. The van der Waals surface area contributed by atoms with E-state index in [0.717, 1.165) is 25.9 Å². The molecule has 1 aromatic carbocycles. The molecule has 2 rings (SSSR count). The maximum Gasteiger partial charge on any atom is 0.260 e. The Bertz CT molecular complexity index is 511. The molecule has 0 radical (unpaired) electrons. The highest BCUT2D eigenvalue weighted by Gasteiger charge is 2.23. The first kappa shape index (κ1) is 15.3. The summed E-state index contributed by atoms with van der Waals surface area (Å²) in [6.45, 7) is 1.63. The van der Waals surface area contributed by atoms with Gasteiger partial charge in [0.15, 0.2) is 6.61 Å². The summed E-state index contributed by atoms with van der Waals surface area (Å²) in [6.07, 6.45) is 2.02. The van der Waals surface area contributed by atoms with Gasteiger partial charge in [-0.1, -0.05) is 0 Å². The van der Waals surface area contributed by atoms with Gasteiger partial charge < -0.3 is 14.5 Å². The van der Waals surface area contributed by atoms with Crippen molar-refractivity contribution in [1.29, 1.82) is 5.26 Å². The van der Waals surface area contributed by atoms with Crippen LogP contribution in [0.3, 0.4) is 0 Å². The Morgan fingerprint density at radius 1 is 1.33 bits per heavy atom. The third-order valence-electron chi connectivity index (χ3n) is 3.89. The molecular weight excluding hydrogens is 266 g/mol. The minimum atomic E-state index is 0.0246. The van der Waals surface area contributed by atoms with Gasteiger partial charge in [-0.3, -0.25) is 4.79 Å². The van der Waals surface area contributed by atoms with Gasteiger partial charge in [-0.25, -0.2) is 0 Å². The fourth-order valence-electron chi connectivity index (χ4n) is 2.49. The van der Waals surface area contributed by atoms with Gasteiger partial charge in [-0.15, -0.1) is 0 Å². The van der Waals surface area contributed by atoms with Crippen LogP contribution in [0, 0.1) is 11.3 Å². The fourth-order valence-corrected chi connectivity index (χ4v) is 2.49. The number of ether oxygens (including phenoxy) is 1. The Morgan fingerprint density at radius 3 is 2.48 bits per heavy atom. The minimum absolute atomic E-state index is 0.0246. The second-order valence-electron chi connectivity index (χ2n) is 5.50. The molecule has 5 nitrogen and oxygen atoms in total. The van der Waals surface area contributed by atoms with Crippen molar-refractivity contribution in [3.63, 3.8) is 0 Å². The molecule has 0 unspecified atom stereocenters. The number of rotatable bonds is 4. The van der Waals surface area contributed by atoms with E-state index in [1.54, 1.807) is 24.3 Å². The Kier molecular flexibility index (Phi) is 5.18. The summed E-state index contributed by atoms with van der Waals surface area (Å²) in [5.74, 6) is 0.641. The molecule has 0 spiro atoms. The topological polar surface area (TPSA) is 56.6 Å². The third-order valence-corrected chi connectivity index (χ3v) is 3.89. The molecule has 112 valence electrons. The van der Waals surface area contributed by atoms with E-state index in [9.17, 15) is 4.79 Å². The monoisotopic (exact) mass is 287 g/mol. The molecule has 1 saturated heterocycles. The number of nitriles is 1. The van der Waals surface area contributed by atoms with Gasteiger partial charge in [0.1, 0.15) is 5.75 Å². The first-order chi connectivity index (χ1) is 10.1. The first-order valence-corrected chi connectivity index (χ1v) is 7.17. The maximum absolute atomic E-state index is 12.1. The summed E-state index contributed by atoms with van der Waals surface area (Å²) < 4.78 is 5.48. The average Bonchev–Trinajstić information content (AvgIpc) is 2.53. The number of benzene rings is 1. The summed E-state index contributed by atoms with van der Waals surface area (Å²) in [6, 6.07) is 9.40. The number of amides is 1. The molecule has 1 aromatic rings. The number of hydrogen-bond donors (Lipinski definition) is 0. The lowest BCUT2D eigenvalue weighted by molar-refractivity contribution is -0.134. The first-order valence-electron chi connectivity index (χ1n) is 7.17. The summed E-state index contributed by atoms with van der Waals surface area (Å²) in [5, 5.41) is 8.72. The zero-order valence-electron chi connectivity index (χ0n) is 12.6. The Hall–Kier alpha value is -2.06. The predicted octanol–water partition coefficient (Wildman–Crippen LogP) is 1.49. The van der Waals surface area contributed by atoms with E-state index in [2.05, 4.69) is 19.0 Å². The molecule has 5 heteroatoms. The van der Waals surface area contributed by atoms with E-state index >= 15 is 0 Å². The van der Waals surface area contributed by atoms with Crippen molar-refractivity contribution in [1.82, 2.24) is 9.80 Å². The van der Waals surface area contributed by atoms with E-state index in [-0.39, 0.29) is 12.5 Å². The van der Waals surface area contributed by atoms with Crippen LogP contribution in [0.15, 0.2) is 24.3 Å². The lowest BCUT2D eigenvalue weighted by Crippen LogP contribution is -2.45. The second-order valence-corrected chi connectivity index (χ2v) is 5.50. The number of likely N-dealkylation sites (tertiary alicyclic amines) is 1. The predicted molar refractivity (Wildman–Crippen MR) is 79.9 cm³/mol. The minimum Gasteiger partial charge on any atom is -0.484 e. The summed E-state index contributed by atoms with van der Waals surface area (Å²) >= 11 is 0.